The molecule has 0 aliphatic carbocycles. The van der Waals surface area contributed by atoms with Crippen LogP contribution in [0.15, 0.2) is 36.4 Å². The Morgan fingerprint density at radius 1 is 0.897 bits per heavy atom. The predicted molar refractivity (Wildman–Crippen MR) is 110 cm³/mol. The molecule has 0 aromatic heterocycles. The first kappa shape index (κ1) is 22.8. The van der Waals surface area contributed by atoms with Crippen LogP contribution in [-0.2, 0) is 31.1 Å². The maximum Gasteiger partial charge on any atom is 0.317 e. The van der Waals surface area contributed by atoms with Crippen LogP contribution >= 0.6 is 0 Å². The second-order valence-corrected chi connectivity index (χ2v) is 7.28. The Morgan fingerprint density at radius 2 is 1.48 bits per heavy atom. The number of carbonyl (C=O) groups is 1. The molecule has 0 amide bonds. The Balaban J connectivity index is 2.02. The summed E-state index contributed by atoms with van der Waals surface area (Å²) >= 11 is 0. The fourth-order valence-corrected chi connectivity index (χ4v) is 3.31. The van der Waals surface area contributed by atoms with Gasteiger partial charge in [-0.25, -0.2) is 0 Å². The van der Waals surface area contributed by atoms with Crippen molar-refractivity contribution in [2.75, 3.05) is 26.7 Å². The molecule has 0 atom stereocenters. The van der Waals surface area contributed by atoms with E-state index in [2.05, 4.69) is 0 Å². The third-order valence-corrected chi connectivity index (χ3v) is 5.09. The van der Waals surface area contributed by atoms with Gasteiger partial charge in [-0.05, 0) is 30.7 Å². The molecule has 0 fully saturated rings. The number of aliphatic hydroxyl groups excluding tert-OH is 2. The number of aromatic hydroxyl groups is 1. The Labute approximate surface area is 171 Å². The zero-order chi connectivity index (χ0) is 21.4. The van der Waals surface area contributed by atoms with Gasteiger partial charge in [0.15, 0.2) is 0 Å². The predicted octanol–water partition coefficient (Wildman–Crippen LogP) is 1.70. The molecule has 4 N–H and O–H groups in total. The average molecular weight is 402 g/mol. The van der Waals surface area contributed by atoms with Crippen LogP contribution in [0.2, 0.25) is 0 Å². The van der Waals surface area contributed by atoms with Crippen LogP contribution in [-0.4, -0.2) is 62.9 Å². The van der Waals surface area contributed by atoms with Gasteiger partial charge in [0.05, 0.1) is 19.8 Å². The van der Waals surface area contributed by atoms with Gasteiger partial charge < -0.3 is 25.3 Å². The Hall–Kier alpha value is -2.45. The number of hydrogen-bond donors (Lipinski definition) is 4. The fraction of sp³-hybridized carbons (Fsp3) is 0.409. The monoisotopic (exact) mass is 402 g/mol. The van der Waals surface area contributed by atoms with Gasteiger partial charge in [-0.2, -0.15) is 0 Å². The van der Waals surface area contributed by atoms with Crippen LogP contribution in [0, 0.1) is 6.92 Å². The first-order chi connectivity index (χ1) is 13.8. The van der Waals surface area contributed by atoms with Gasteiger partial charge >= 0.3 is 5.97 Å². The SMILES string of the molecule is Cc1c(CO)cccc1CN(CCN(C)Cc1cccc(CO)c1O)CC(=O)O. The Bertz CT molecular complexity index is 825. The highest BCUT2D eigenvalue weighted by atomic mass is 16.4. The number of benzene rings is 2. The second kappa shape index (κ2) is 10.9. The van der Waals surface area contributed by atoms with Gasteiger partial charge in [-0.1, -0.05) is 36.4 Å². The maximum absolute atomic E-state index is 11.3. The van der Waals surface area contributed by atoms with E-state index < -0.39 is 5.97 Å². The minimum absolute atomic E-state index is 0.0439. The number of para-hydroxylation sites is 1. The van der Waals surface area contributed by atoms with Crippen molar-refractivity contribution < 1.29 is 25.2 Å². The van der Waals surface area contributed by atoms with Crippen LogP contribution in [0.5, 0.6) is 5.75 Å². The molecular weight excluding hydrogens is 372 g/mol. The molecule has 0 bridgehead atoms. The smallest absolute Gasteiger partial charge is 0.317 e. The largest absolute Gasteiger partial charge is 0.507 e. The summed E-state index contributed by atoms with van der Waals surface area (Å²) in [6, 6.07) is 11.0. The molecule has 7 nitrogen and oxygen atoms in total. The highest BCUT2D eigenvalue weighted by molar-refractivity contribution is 5.69. The van der Waals surface area contributed by atoms with Crippen LogP contribution in [0.3, 0.4) is 0 Å². The zero-order valence-corrected chi connectivity index (χ0v) is 17.0. The molecule has 0 unspecified atom stereocenters. The molecule has 0 aliphatic rings. The molecule has 7 heteroatoms. The first-order valence-corrected chi connectivity index (χ1v) is 9.57. The summed E-state index contributed by atoms with van der Waals surface area (Å²) in [7, 11) is 1.90. The number of likely N-dealkylation sites (N-methyl/N-ethyl adjacent to an activating group) is 1. The van der Waals surface area contributed by atoms with E-state index in [1.165, 1.54) is 0 Å². The minimum Gasteiger partial charge on any atom is -0.507 e. The van der Waals surface area contributed by atoms with Crippen molar-refractivity contribution in [3.05, 3.63) is 64.2 Å². The molecule has 0 heterocycles. The molecule has 0 aliphatic heterocycles. The summed E-state index contributed by atoms with van der Waals surface area (Å²) in [5, 5.41) is 38.2. The van der Waals surface area contributed by atoms with Crippen molar-refractivity contribution in [2.24, 2.45) is 0 Å². The molecule has 0 saturated heterocycles. The summed E-state index contributed by atoms with van der Waals surface area (Å²) < 4.78 is 0. The molecule has 158 valence electrons. The van der Waals surface area contributed by atoms with Gasteiger partial charge in [-0.3, -0.25) is 9.69 Å². The topological polar surface area (TPSA) is 104 Å². The van der Waals surface area contributed by atoms with E-state index in [9.17, 15) is 25.2 Å². The lowest BCUT2D eigenvalue weighted by molar-refractivity contribution is -0.138. The zero-order valence-electron chi connectivity index (χ0n) is 17.0. The maximum atomic E-state index is 11.3. The summed E-state index contributed by atoms with van der Waals surface area (Å²) in [6.07, 6.45) is 0. The van der Waals surface area contributed by atoms with E-state index in [-0.39, 0.29) is 25.5 Å². The van der Waals surface area contributed by atoms with Crippen molar-refractivity contribution in [3.63, 3.8) is 0 Å². The first-order valence-electron chi connectivity index (χ1n) is 9.57. The molecule has 0 saturated carbocycles. The third kappa shape index (κ3) is 6.54. The van der Waals surface area contributed by atoms with Crippen LogP contribution in [0.4, 0.5) is 0 Å². The van der Waals surface area contributed by atoms with E-state index >= 15 is 0 Å². The number of carboxylic acid groups (broad SMARTS) is 1. The van der Waals surface area contributed by atoms with Crippen molar-refractivity contribution in [1.82, 2.24) is 9.80 Å². The van der Waals surface area contributed by atoms with Gasteiger partial charge in [0.2, 0.25) is 0 Å². The van der Waals surface area contributed by atoms with Crippen molar-refractivity contribution in [3.8, 4) is 5.75 Å². The summed E-state index contributed by atoms with van der Waals surface area (Å²) in [5.41, 5.74) is 4.02. The number of aliphatic hydroxyl groups is 2. The summed E-state index contributed by atoms with van der Waals surface area (Å²) in [5.74, 6) is -0.794. The normalized spacial score (nSPS) is 11.4. The third-order valence-electron chi connectivity index (χ3n) is 5.09. The lowest BCUT2D eigenvalue weighted by Gasteiger charge is -2.25. The van der Waals surface area contributed by atoms with E-state index in [0.717, 1.165) is 22.3 Å². The van der Waals surface area contributed by atoms with E-state index in [1.54, 1.807) is 12.1 Å². The molecular formula is C22H30N2O5. The fourth-order valence-electron chi connectivity index (χ4n) is 3.31. The Morgan fingerprint density at radius 3 is 2.10 bits per heavy atom. The summed E-state index contributed by atoms with van der Waals surface area (Å²) in [4.78, 5) is 15.2. The van der Waals surface area contributed by atoms with Crippen molar-refractivity contribution in [1.29, 1.82) is 0 Å². The highest BCUT2D eigenvalue weighted by Crippen LogP contribution is 2.23. The van der Waals surface area contributed by atoms with E-state index in [0.29, 0.717) is 31.7 Å². The van der Waals surface area contributed by atoms with Gasteiger partial charge in [-0.15, -0.1) is 0 Å². The van der Waals surface area contributed by atoms with Crippen LogP contribution < -0.4 is 0 Å². The molecule has 0 spiro atoms. The van der Waals surface area contributed by atoms with Crippen LogP contribution in [0.1, 0.15) is 27.8 Å². The number of hydrogen-bond acceptors (Lipinski definition) is 6. The number of nitrogens with zero attached hydrogens (tertiary/aromatic N) is 2. The number of phenols is 1. The quantitative estimate of drug-likeness (QED) is 0.453. The second-order valence-electron chi connectivity index (χ2n) is 7.28. The molecule has 2 aromatic rings. The lowest BCUT2D eigenvalue weighted by atomic mass is 10.0. The highest BCUT2D eigenvalue weighted by Gasteiger charge is 2.15. The van der Waals surface area contributed by atoms with E-state index in [1.807, 2.05) is 48.0 Å². The molecule has 2 rings (SSSR count). The standard InChI is InChI=1S/C22H30N2O5/c1-16-17(5-3-7-19(16)14-25)12-24(13-21(27)28)10-9-23(2)11-18-6-4-8-20(15-26)22(18)29/h3-8,25-26,29H,9-15H2,1-2H3,(H,27,28). The van der Waals surface area contributed by atoms with Gasteiger partial charge in [0, 0.05) is 37.3 Å². The number of aliphatic carboxylic acids is 1. The summed E-state index contributed by atoms with van der Waals surface area (Å²) in [6.45, 7) is 3.69. The number of carboxylic acids is 1. The van der Waals surface area contributed by atoms with Crippen LogP contribution in [0.25, 0.3) is 0 Å². The average Bonchev–Trinajstić information content (AvgIpc) is 2.69. The van der Waals surface area contributed by atoms with E-state index in [4.69, 9.17) is 0 Å². The lowest BCUT2D eigenvalue weighted by Crippen LogP contribution is -2.36. The van der Waals surface area contributed by atoms with Gasteiger partial charge in [0.1, 0.15) is 5.75 Å². The Kier molecular flexibility index (Phi) is 8.60. The number of rotatable bonds is 11. The van der Waals surface area contributed by atoms with Crippen molar-refractivity contribution >= 4 is 5.97 Å². The molecule has 0 radical (unpaired) electrons. The van der Waals surface area contributed by atoms with Crippen molar-refractivity contribution in [2.45, 2.75) is 33.2 Å². The van der Waals surface area contributed by atoms with Gasteiger partial charge in [0.25, 0.3) is 0 Å². The minimum atomic E-state index is -0.892. The molecule has 2 aromatic carbocycles. The molecule has 29 heavy (non-hydrogen) atoms.